The van der Waals surface area contributed by atoms with Crippen LogP contribution in [0, 0.1) is 11.8 Å². The topological polar surface area (TPSA) is 84.3 Å². The van der Waals surface area contributed by atoms with E-state index in [-0.39, 0.29) is 18.3 Å². The Bertz CT molecular complexity index is 641. The molecule has 1 fully saturated rings. The van der Waals surface area contributed by atoms with E-state index in [4.69, 9.17) is 0 Å². The van der Waals surface area contributed by atoms with E-state index in [1.54, 1.807) is 12.3 Å². The lowest BCUT2D eigenvalue weighted by atomic mass is 9.97. The molecule has 0 aromatic carbocycles. The van der Waals surface area contributed by atoms with E-state index in [1.807, 2.05) is 4.90 Å². The van der Waals surface area contributed by atoms with Crippen molar-refractivity contribution >= 4 is 21.7 Å². The number of carbonyl (C=O) groups is 1. The number of aromatic nitrogens is 2. The molecule has 1 aliphatic rings. The Labute approximate surface area is 138 Å². The van der Waals surface area contributed by atoms with Crippen LogP contribution in [-0.4, -0.2) is 54.2 Å². The average molecular weight is 342 g/mol. The number of nitrogens with zero attached hydrogens (tertiary/aromatic N) is 3. The molecule has 2 amide bonds. The van der Waals surface area contributed by atoms with Crippen molar-refractivity contribution in [3.8, 4) is 0 Å². The number of hydrogen-bond acceptors (Lipinski definition) is 4. The largest absolute Gasteiger partial charge is 0.324 e. The quantitative estimate of drug-likeness (QED) is 0.905. The van der Waals surface area contributed by atoms with Crippen LogP contribution in [0.15, 0.2) is 12.3 Å². The van der Waals surface area contributed by atoms with E-state index in [0.717, 1.165) is 25.9 Å². The number of amides is 2. The van der Waals surface area contributed by atoms with Crippen LogP contribution in [0.1, 0.15) is 26.7 Å². The number of rotatable bonds is 4. The van der Waals surface area contributed by atoms with Crippen molar-refractivity contribution in [3.05, 3.63) is 12.3 Å². The van der Waals surface area contributed by atoms with Crippen molar-refractivity contribution in [1.29, 1.82) is 0 Å². The van der Waals surface area contributed by atoms with Gasteiger partial charge < -0.3 is 4.90 Å². The number of carbonyl (C=O) groups excluding carboxylic acids is 1. The Morgan fingerprint density at radius 2 is 2.13 bits per heavy atom. The van der Waals surface area contributed by atoms with Gasteiger partial charge in [-0.3, -0.25) is 10.00 Å². The normalized spacial score (nSPS) is 22.7. The molecule has 1 N–H and O–H groups in total. The van der Waals surface area contributed by atoms with Gasteiger partial charge >= 0.3 is 6.03 Å². The predicted molar refractivity (Wildman–Crippen MR) is 90.1 cm³/mol. The fourth-order valence-electron chi connectivity index (χ4n) is 2.91. The molecule has 0 radical (unpaired) electrons. The zero-order chi connectivity index (χ0) is 17.0. The standard InChI is InChI=1S/C15H26N4O3S/c1-12-4-6-18(11-13(2)10-12)15(20)16-14-5-7-19(17-14)8-9-23(3,21)22/h5,7,12-13H,4,6,8-11H2,1-3H3,(H,16,17,20). The second-order valence-corrected chi connectivity index (χ2v) is 8.96. The van der Waals surface area contributed by atoms with Gasteiger partial charge in [-0.25, -0.2) is 13.2 Å². The molecule has 7 nitrogen and oxygen atoms in total. The molecule has 0 aliphatic carbocycles. The van der Waals surface area contributed by atoms with Gasteiger partial charge in [0.1, 0.15) is 9.84 Å². The summed E-state index contributed by atoms with van der Waals surface area (Å²) >= 11 is 0. The summed E-state index contributed by atoms with van der Waals surface area (Å²) in [7, 11) is -3.03. The summed E-state index contributed by atoms with van der Waals surface area (Å²) in [5.74, 6) is 1.61. The number of sulfone groups is 1. The van der Waals surface area contributed by atoms with Crippen molar-refractivity contribution in [3.63, 3.8) is 0 Å². The third-order valence-corrected chi connectivity index (χ3v) is 5.01. The second-order valence-electron chi connectivity index (χ2n) is 6.70. The molecule has 130 valence electrons. The summed E-state index contributed by atoms with van der Waals surface area (Å²) < 4.78 is 23.9. The highest BCUT2D eigenvalue weighted by Gasteiger charge is 2.23. The van der Waals surface area contributed by atoms with Gasteiger partial charge in [0, 0.05) is 31.6 Å². The first-order valence-electron chi connectivity index (χ1n) is 8.00. The molecule has 0 bridgehead atoms. The molecular formula is C15H26N4O3S. The lowest BCUT2D eigenvalue weighted by molar-refractivity contribution is 0.207. The van der Waals surface area contributed by atoms with E-state index in [2.05, 4.69) is 24.3 Å². The Kier molecular flexibility index (Phi) is 5.67. The maximum atomic E-state index is 12.4. The molecular weight excluding hydrogens is 316 g/mol. The maximum absolute atomic E-state index is 12.4. The minimum absolute atomic E-state index is 0.0313. The van der Waals surface area contributed by atoms with Crippen molar-refractivity contribution in [1.82, 2.24) is 14.7 Å². The second kappa shape index (κ2) is 7.33. The van der Waals surface area contributed by atoms with Crippen LogP contribution in [0.5, 0.6) is 0 Å². The first-order valence-corrected chi connectivity index (χ1v) is 10.1. The predicted octanol–water partition coefficient (Wildman–Crippen LogP) is 1.83. The highest BCUT2D eigenvalue weighted by Crippen LogP contribution is 2.21. The molecule has 2 atom stereocenters. The molecule has 1 saturated heterocycles. The Morgan fingerprint density at radius 3 is 2.83 bits per heavy atom. The van der Waals surface area contributed by atoms with Crippen LogP contribution >= 0.6 is 0 Å². The smallest absolute Gasteiger partial charge is 0.323 e. The summed E-state index contributed by atoms with van der Waals surface area (Å²) in [6, 6.07) is 1.55. The molecule has 2 heterocycles. The Balaban J connectivity index is 1.91. The van der Waals surface area contributed by atoms with Gasteiger partial charge in [-0.05, 0) is 24.7 Å². The highest BCUT2D eigenvalue weighted by molar-refractivity contribution is 7.90. The fourth-order valence-corrected chi connectivity index (χ4v) is 3.43. The SMILES string of the molecule is CC1CCN(C(=O)Nc2ccn(CCS(C)(=O)=O)n2)CC(C)C1. The fraction of sp³-hybridized carbons (Fsp3) is 0.733. The molecule has 1 aromatic rings. The van der Waals surface area contributed by atoms with E-state index >= 15 is 0 Å². The third-order valence-electron chi connectivity index (χ3n) is 4.08. The van der Waals surface area contributed by atoms with Crippen molar-refractivity contribution in [2.24, 2.45) is 11.8 Å². The summed E-state index contributed by atoms with van der Waals surface area (Å²) in [5.41, 5.74) is 0. The van der Waals surface area contributed by atoms with E-state index in [0.29, 0.717) is 17.7 Å². The Hall–Kier alpha value is -1.57. The van der Waals surface area contributed by atoms with Gasteiger partial charge in [0.2, 0.25) is 0 Å². The summed E-state index contributed by atoms with van der Waals surface area (Å²) in [5, 5.41) is 7.00. The van der Waals surface area contributed by atoms with Crippen molar-refractivity contribution in [2.75, 3.05) is 30.4 Å². The molecule has 23 heavy (non-hydrogen) atoms. The first kappa shape index (κ1) is 17.8. The van der Waals surface area contributed by atoms with Crippen LogP contribution in [0.2, 0.25) is 0 Å². The van der Waals surface area contributed by atoms with Crippen LogP contribution in [0.25, 0.3) is 0 Å². The molecule has 2 unspecified atom stereocenters. The monoisotopic (exact) mass is 342 g/mol. The van der Waals surface area contributed by atoms with Crippen LogP contribution in [0.4, 0.5) is 10.6 Å². The van der Waals surface area contributed by atoms with Crippen molar-refractivity contribution < 1.29 is 13.2 Å². The van der Waals surface area contributed by atoms with E-state index in [1.165, 1.54) is 10.9 Å². The van der Waals surface area contributed by atoms with E-state index in [9.17, 15) is 13.2 Å². The lowest BCUT2D eigenvalue weighted by Gasteiger charge is -2.22. The lowest BCUT2D eigenvalue weighted by Crippen LogP contribution is -2.37. The van der Waals surface area contributed by atoms with Gasteiger partial charge in [0.15, 0.2) is 5.82 Å². The minimum atomic E-state index is -3.03. The van der Waals surface area contributed by atoms with E-state index < -0.39 is 9.84 Å². The molecule has 1 aliphatic heterocycles. The molecule has 0 spiro atoms. The third kappa shape index (κ3) is 5.85. The zero-order valence-electron chi connectivity index (χ0n) is 14.0. The minimum Gasteiger partial charge on any atom is -0.324 e. The first-order chi connectivity index (χ1) is 10.7. The van der Waals surface area contributed by atoms with Gasteiger partial charge in [-0.1, -0.05) is 13.8 Å². The number of likely N-dealkylation sites (tertiary alicyclic amines) is 1. The van der Waals surface area contributed by atoms with Gasteiger partial charge in [-0.15, -0.1) is 0 Å². The van der Waals surface area contributed by atoms with Gasteiger partial charge in [0.05, 0.1) is 12.3 Å². The number of anilines is 1. The Morgan fingerprint density at radius 1 is 1.39 bits per heavy atom. The molecule has 0 saturated carbocycles. The van der Waals surface area contributed by atoms with Gasteiger partial charge in [0.25, 0.3) is 0 Å². The highest BCUT2D eigenvalue weighted by atomic mass is 32.2. The maximum Gasteiger partial charge on any atom is 0.323 e. The van der Waals surface area contributed by atoms with Gasteiger partial charge in [-0.2, -0.15) is 5.10 Å². The zero-order valence-corrected chi connectivity index (χ0v) is 14.8. The molecule has 8 heteroatoms. The summed E-state index contributed by atoms with van der Waals surface area (Å²) in [4.78, 5) is 14.2. The van der Waals surface area contributed by atoms with Crippen LogP contribution < -0.4 is 5.32 Å². The molecule has 1 aromatic heterocycles. The van der Waals surface area contributed by atoms with Crippen LogP contribution in [-0.2, 0) is 16.4 Å². The van der Waals surface area contributed by atoms with Crippen molar-refractivity contribution in [2.45, 2.75) is 33.2 Å². The number of nitrogens with one attached hydrogen (secondary N) is 1. The average Bonchev–Trinajstić information content (AvgIpc) is 2.80. The number of hydrogen-bond donors (Lipinski definition) is 1. The number of urea groups is 1. The molecule has 2 rings (SSSR count). The van der Waals surface area contributed by atoms with Crippen LogP contribution in [0.3, 0.4) is 0 Å². The summed E-state index contributed by atoms with van der Waals surface area (Å²) in [6.45, 7) is 6.19. The number of aryl methyl sites for hydroxylation is 1. The summed E-state index contributed by atoms with van der Waals surface area (Å²) in [6.07, 6.45) is 5.03.